The molecular weight excluding hydrogens is 418 g/mol. The first-order valence-electron chi connectivity index (χ1n) is 12.1. The van der Waals surface area contributed by atoms with Crippen molar-refractivity contribution in [1.29, 1.82) is 0 Å². The molecule has 0 amide bonds. The Bertz CT molecular complexity index is 1130. The molecule has 1 heterocycles. The van der Waals surface area contributed by atoms with E-state index in [1.807, 2.05) is 19.2 Å². The first-order valence-corrected chi connectivity index (χ1v) is 12.1. The Labute approximate surface area is 203 Å². The largest absolute Gasteiger partial charge is 0.368 e. The molecule has 34 heavy (non-hydrogen) atoms. The summed E-state index contributed by atoms with van der Waals surface area (Å²) in [4.78, 5) is 13.8. The summed E-state index contributed by atoms with van der Waals surface area (Å²) in [5.74, 6) is 1.24. The predicted molar refractivity (Wildman–Crippen MR) is 145 cm³/mol. The van der Waals surface area contributed by atoms with Crippen molar-refractivity contribution in [2.75, 3.05) is 35.3 Å². The van der Waals surface area contributed by atoms with Crippen molar-refractivity contribution in [3.05, 3.63) is 85.2 Å². The van der Waals surface area contributed by atoms with Gasteiger partial charge in [0, 0.05) is 54.7 Å². The highest BCUT2D eigenvalue weighted by atomic mass is 15.1. The van der Waals surface area contributed by atoms with Gasteiger partial charge >= 0.3 is 0 Å². The third-order valence-electron chi connectivity index (χ3n) is 6.31. The lowest BCUT2D eigenvalue weighted by atomic mass is 10.1. The smallest absolute Gasteiger partial charge is 0.227 e. The normalized spacial score (nSPS) is 12.8. The van der Waals surface area contributed by atoms with Crippen LogP contribution in [0.4, 0.5) is 23.0 Å². The second-order valence-corrected chi connectivity index (χ2v) is 9.00. The maximum Gasteiger partial charge on any atom is 0.227 e. The third kappa shape index (κ3) is 5.48. The van der Waals surface area contributed by atoms with Crippen molar-refractivity contribution in [1.82, 2.24) is 9.97 Å². The number of nitrogens with zero attached hydrogens (tertiary/aromatic N) is 4. The van der Waals surface area contributed by atoms with Gasteiger partial charge < -0.3 is 15.1 Å². The highest BCUT2D eigenvalue weighted by Crippen LogP contribution is 2.38. The molecule has 1 aliphatic carbocycles. The fraction of sp³-hybridized carbons (Fsp3) is 0.310. The van der Waals surface area contributed by atoms with E-state index in [2.05, 4.69) is 95.8 Å². The zero-order valence-corrected chi connectivity index (χ0v) is 20.6. The van der Waals surface area contributed by atoms with E-state index in [-0.39, 0.29) is 0 Å². The zero-order chi connectivity index (χ0) is 24.1. The number of nitrogens with one attached hydrogen (secondary N) is 1. The molecule has 3 aromatic rings. The van der Waals surface area contributed by atoms with Crippen molar-refractivity contribution < 1.29 is 0 Å². The second kappa shape index (κ2) is 10.6. The van der Waals surface area contributed by atoms with Crippen LogP contribution in [-0.4, -0.2) is 30.1 Å². The fourth-order valence-corrected chi connectivity index (χ4v) is 4.13. The molecule has 0 unspecified atom stereocenters. The number of aryl methyl sites for hydroxylation is 1. The maximum atomic E-state index is 4.83. The van der Waals surface area contributed by atoms with Crippen LogP contribution in [0.1, 0.15) is 31.7 Å². The Morgan fingerprint density at radius 3 is 2.38 bits per heavy atom. The van der Waals surface area contributed by atoms with Crippen LogP contribution in [0.2, 0.25) is 0 Å². The lowest BCUT2D eigenvalue weighted by molar-refractivity contribution is 0.816. The molecule has 2 aromatic carbocycles. The van der Waals surface area contributed by atoms with Gasteiger partial charge in [0.15, 0.2) is 0 Å². The summed E-state index contributed by atoms with van der Waals surface area (Å²) in [5, 5.41) is 3.35. The van der Waals surface area contributed by atoms with Gasteiger partial charge in [-0.3, -0.25) is 0 Å². The molecular formula is C29H35N5. The Morgan fingerprint density at radius 1 is 1.09 bits per heavy atom. The summed E-state index contributed by atoms with van der Waals surface area (Å²) in [5.41, 5.74) is 7.56. The van der Waals surface area contributed by atoms with Crippen LogP contribution >= 0.6 is 0 Å². The first-order chi connectivity index (χ1) is 16.5. The number of anilines is 4. The maximum absolute atomic E-state index is 4.83. The van der Waals surface area contributed by atoms with Crippen LogP contribution < -0.4 is 15.1 Å². The van der Waals surface area contributed by atoms with Gasteiger partial charge in [0.1, 0.15) is 0 Å². The Balaban J connectivity index is 1.49. The fourth-order valence-electron chi connectivity index (χ4n) is 4.13. The molecule has 1 saturated carbocycles. The predicted octanol–water partition coefficient (Wildman–Crippen LogP) is 6.96. The Morgan fingerprint density at radius 2 is 1.76 bits per heavy atom. The number of aromatic nitrogens is 2. The van der Waals surface area contributed by atoms with E-state index in [0.29, 0.717) is 11.9 Å². The van der Waals surface area contributed by atoms with Crippen molar-refractivity contribution >= 4 is 23.0 Å². The van der Waals surface area contributed by atoms with Crippen LogP contribution in [0.15, 0.2) is 79.7 Å². The first kappa shape index (κ1) is 23.6. The zero-order valence-electron chi connectivity index (χ0n) is 20.6. The average Bonchev–Trinajstić information content (AvgIpc) is 3.70. The lowest BCUT2D eigenvalue weighted by Crippen LogP contribution is -2.23. The number of hydrogen-bond donors (Lipinski definition) is 1. The van der Waals surface area contributed by atoms with Gasteiger partial charge in [-0.05, 0) is 74.1 Å². The van der Waals surface area contributed by atoms with Crippen LogP contribution in [0.25, 0.3) is 11.3 Å². The van der Waals surface area contributed by atoms with Crippen molar-refractivity contribution in [2.24, 2.45) is 5.92 Å². The molecule has 0 spiro atoms. The van der Waals surface area contributed by atoms with Crippen LogP contribution in [0.5, 0.6) is 0 Å². The summed E-state index contributed by atoms with van der Waals surface area (Å²) in [6.07, 6.45) is 7.43. The quantitative estimate of drug-likeness (QED) is 0.318. The van der Waals surface area contributed by atoms with Gasteiger partial charge in [-0.25, -0.2) is 9.97 Å². The summed E-state index contributed by atoms with van der Waals surface area (Å²) < 4.78 is 0. The minimum absolute atomic E-state index is 0.591. The molecule has 0 radical (unpaired) electrons. The summed E-state index contributed by atoms with van der Waals surface area (Å²) in [7, 11) is 2.10. The van der Waals surface area contributed by atoms with E-state index < -0.39 is 0 Å². The molecule has 1 aromatic heterocycles. The van der Waals surface area contributed by atoms with Crippen molar-refractivity contribution in [3.8, 4) is 11.3 Å². The summed E-state index contributed by atoms with van der Waals surface area (Å²) in [6, 6.07) is 16.9. The van der Waals surface area contributed by atoms with Crippen LogP contribution in [0.3, 0.4) is 0 Å². The molecule has 1 fully saturated rings. The van der Waals surface area contributed by atoms with E-state index >= 15 is 0 Å². The molecule has 0 aliphatic heterocycles. The second-order valence-electron chi connectivity index (χ2n) is 9.00. The van der Waals surface area contributed by atoms with Crippen LogP contribution in [-0.2, 0) is 0 Å². The standard InChI is InChI=1S/C29H35N5/c1-6-18-34(19-7-2)27-16-12-25(13-17-27)31-29-30-20-21(3)28(32-29)24-10-14-26(15-11-24)33(5)22(4)23-8-9-23/h6,10-17,20,23H,1,4,7-9,18-19H2,2-3,5H3,(H,30,31,32). The number of allylic oxidation sites excluding steroid dienone is 1. The molecule has 1 aliphatic rings. The molecule has 1 N–H and O–H groups in total. The highest BCUT2D eigenvalue weighted by Gasteiger charge is 2.27. The van der Waals surface area contributed by atoms with E-state index in [9.17, 15) is 0 Å². The molecule has 0 saturated heterocycles. The SMILES string of the molecule is C=CCN(CCC)c1ccc(Nc2ncc(C)c(-c3ccc(N(C)C(=C)C4CC4)cc3)n2)cc1. The van der Waals surface area contributed by atoms with E-state index in [1.54, 1.807) is 0 Å². The van der Waals surface area contributed by atoms with E-state index in [4.69, 9.17) is 4.98 Å². The highest BCUT2D eigenvalue weighted by molar-refractivity contribution is 5.68. The minimum atomic E-state index is 0.591. The minimum Gasteiger partial charge on any atom is -0.368 e. The number of hydrogen-bond acceptors (Lipinski definition) is 5. The molecule has 5 heteroatoms. The lowest BCUT2D eigenvalue weighted by Gasteiger charge is -2.23. The number of benzene rings is 2. The van der Waals surface area contributed by atoms with Gasteiger partial charge in [-0.15, -0.1) is 6.58 Å². The third-order valence-corrected chi connectivity index (χ3v) is 6.31. The molecule has 0 atom stereocenters. The van der Waals surface area contributed by atoms with Gasteiger partial charge in [0.05, 0.1) is 5.69 Å². The van der Waals surface area contributed by atoms with Gasteiger partial charge in [-0.2, -0.15) is 0 Å². The van der Waals surface area contributed by atoms with Gasteiger partial charge in [-0.1, -0.05) is 31.7 Å². The monoisotopic (exact) mass is 453 g/mol. The summed E-state index contributed by atoms with van der Waals surface area (Å²) >= 11 is 0. The number of rotatable bonds is 11. The topological polar surface area (TPSA) is 44.3 Å². The Hall–Kier alpha value is -3.60. The van der Waals surface area contributed by atoms with Crippen molar-refractivity contribution in [3.63, 3.8) is 0 Å². The molecule has 5 nitrogen and oxygen atoms in total. The van der Waals surface area contributed by atoms with Crippen molar-refractivity contribution in [2.45, 2.75) is 33.1 Å². The van der Waals surface area contributed by atoms with Gasteiger partial charge in [0.25, 0.3) is 0 Å². The van der Waals surface area contributed by atoms with Gasteiger partial charge in [0.2, 0.25) is 5.95 Å². The average molecular weight is 454 g/mol. The molecule has 0 bridgehead atoms. The van der Waals surface area contributed by atoms with E-state index in [1.165, 1.54) is 24.2 Å². The Kier molecular flexibility index (Phi) is 7.31. The molecule has 176 valence electrons. The van der Waals surface area contributed by atoms with E-state index in [0.717, 1.165) is 47.7 Å². The summed E-state index contributed by atoms with van der Waals surface area (Å²) in [6.45, 7) is 14.2. The molecule has 4 rings (SSSR count). The van der Waals surface area contributed by atoms with Crippen LogP contribution in [0, 0.1) is 12.8 Å².